The van der Waals surface area contributed by atoms with E-state index in [1.165, 1.54) is 16.7 Å². The summed E-state index contributed by atoms with van der Waals surface area (Å²) in [5.74, 6) is 0.543. The quantitative estimate of drug-likeness (QED) is 0.921. The number of carbonyl (C=O) groups excluding carboxylic acids is 2. The minimum Gasteiger partial charge on any atom is -0.343 e. The van der Waals surface area contributed by atoms with Crippen molar-refractivity contribution in [2.45, 2.75) is 6.04 Å². The van der Waals surface area contributed by atoms with E-state index in [1.54, 1.807) is 12.3 Å². The number of benzene rings is 1. The van der Waals surface area contributed by atoms with E-state index in [9.17, 15) is 9.59 Å². The highest BCUT2D eigenvalue weighted by Crippen LogP contribution is 2.20. The van der Waals surface area contributed by atoms with Gasteiger partial charge in [-0.15, -0.1) is 11.8 Å². The van der Waals surface area contributed by atoms with Crippen LogP contribution in [0, 0.1) is 11.3 Å². The molecule has 1 saturated heterocycles. The molecule has 1 aliphatic heterocycles. The summed E-state index contributed by atoms with van der Waals surface area (Å²) in [4.78, 5) is 30.2. The molecule has 2 amide bonds. The molecule has 6 nitrogen and oxygen atoms in total. The Morgan fingerprint density at radius 3 is 3.04 bits per heavy atom. The average Bonchev–Trinajstić information content (AvgIpc) is 3.07. The Kier molecular flexibility index (Phi) is 4.44. The number of nitriles is 1. The number of aromatic nitrogens is 1. The van der Waals surface area contributed by atoms with Gasteiger partial charge >= 0.3 is 0 Å². The van der Waals surface area contributed by atoms with Gasteiger partial charge in [0.1, 0.15) is 6.04 Å². The number of rotatable bonds is 3. The predicted octanol–water partition coefficient (Wildman–Crippen LogP) is 1.39. The van der Waals surface area contributed by atoms with Crippen LogP contribution in [0.4, 0.5) is 0 Å². The lowest BCUT2D eigenvalue weighted by molar-refractivity contribution is -0.129. The number of nitrogens with one attached hydrogen (secondary N) is 1. The molecule has 1 aromatic carbocycles. The first kappa shape index (κ1) is 15.3. The van der Waals surface area contributed by atoms with Crippen molar-refractivity contribution in [1.82, 2.24) is 15.2 Å². The van der Waals surface area contributed by atoms with Crippen LogP contribution in [0.25, 0.3) is 10.9 Å². The van der Waals surface area contributed by atoms with Crippen molar-refractivity contribution in [3.8, 4) is 6.07 Å². The highest BCUT2D eigenvalue weighted by atomic mass is 32.2. The van der Waals surface area contributed by atoms with Gasteiger partial charge in [-0.2, -0.15) is 5.26 Å². The fourth-order valence-electron chi connectivity index (χ4n) is 2.44. The van der Waals surface area contributed by atoms with Crippen LogP contribution >= 0.6 is 11.8 Å². The Morgan fingerprint density at radius 2 is 2.22 bits per heavy atom. The van der Waals surface area contributed by atoms with E-state index in [4.69, 9.17) is 5.26 Å². The summed E-state index contributed by atoms with van der Waals surface area (Å²) in [5, 5.41) is 12.4. The van der Waals surface area contributed by atoms with E-state index >= 15 is 0 Å². The SMILES string of the molecule is N#C[C@@H]1CSCN1C(=O)CNC(=O)c1ccnc2ccccc12. The molecule has 1 fully saturated rings. The zero-order valence-corrected chi connectivity index (χ0v) is 13.0. The van der Waals surface area contributed by atoms with Crippen LogP contribution in [0.5, 0.6) is 0 Å². The summed E-state index contributed by atoms with van der Waals surface area (Å²) in [6.07, 6.45) is 1.57. The molecule has 3 rings (SSSR count). The van der Waals surface area contributed by atoms with Gasteiger partial charge in [0.05, 0.1) is 29.6 Å². The molecule has 0 aliphatic carbocycles. The standard InChI is InChI=1S/C16H14N4O2S/c17-7-11-9-23-10-20(11)15(21)8-19-16(22)13-5-6-18-14-4-2-1-3-12(13)14/h1-6,11H,8-10H2,(H,19,22)/t11-/m1/s1. The molecule has 2 heterocycles. The topological polar surface area (TPSA) is 86.1 Å². The van der Waals surface area contributed by atoms with Gasteiger partial charge in [-0.25, -0.2) is 0 Å². The molecule has 23 heavy (non-hydrogen) atoms. The van der Waals surface area contributed by atoms with Gasteiger partial charge < -0.3 is 10.2 Å². The summed E-state index contributed by atoms with van der Waals surface area (Å²) in [6.45, 7) is -0.117. The van der Waals surface area contributed by atoms with E-state index in [-0.39, 0.29) is 18.4 Å². The Hall–Kier alpha value is -2.59. The van der Waals surface area contributed by atoms with Gasteiger partial charge in [-0.05, 0) is 12.1 Å². The molecule has 1 aliphatic rings. The first-order valence-electron chi connectivity index (χ1n) is 7.09. The fourth-order valence-corrected chi connectivity index (χ4v) is 3.55. The van der Waals surface area contributed by atoms with Gasteiger partial charge in [-0.3, -0.25) is 14.6 Å². The number of para-hydroxylation sites is 1. The molecule has 0 spiro atoms. The van der Waals surface area contributed by atoms with E-state index in [2.05, 4.69) is 16.4 Å². The van der Waals surface area contributed by atoms with E-state index in [0.29, 0.717) is 17.2 Å². The van der Waals surface area contributed by atoms with E-state index in [1.807, 2.05) is 24.3 Å². The molecular formula is C16H14N4O2S. The molecular weight excluding hydrogens is 312 g/mol. The molecule has 7 heteroatoms. The highest BCUT2D eigenvalue weighted by Gasteiger charge is 2.29. The van der Waals surface area contributed by atoms with Gasteiger partial charge in [-0.1, -0.05) is 18.2 Å². The van der Waals surface area contributed by atoms with Gasteiger partial charge in [0.25, 0.3) is 5.91 Å². The van der Waals surface area contributed by atoms with Crippen molar-refractivity contribution in [2.75, 3.05) is 18.2 Å². The third kappa shape index (κ3) is 3.12. The normalized spacial score (nSPS) is 17.0. The van der Waals surface area contributed by atoms with Crippen molar-refractivity contribution in [3.63, 3.8) is 0 Å². The molecule has 2 aromatic rings. The second-order valence-corrected chi connectivity index (χ2v) is 6.07. The maximum atomic E-state index is 12.3. The lowest BCUT2D eigenvalue weighted by Crippen LogP contribution is -2.42. The second kappa shape index (κ2) is 6.67. The Balaban J connectivity index is 1.70. The summed E-state index contributed by atoms with van der Waals surface area (Å²) in [7, 11) is 0. The number of nitrogens with zero attached hydrogens (tertiary/aromatic N) is 3. The minimum atomic E-state index is -0.411. The van der Waals surface area contributed by atoms with E-state index in [0.717, 1.165) is 10.9 Å². The Labute approximate surface area is 137 Å². The third-order valence-corrected chi connectivity index (χ3v) is 4.66. The van der Waals surface area contributed by atoms with Crippen LogP contribution in [-0.4, -0.2) is 45.9 Å². The molecule has 1 aromatic heterocycles. The second-order valence-electron chi connectivity index (χ2n) is 5.07. The van der Waals surface area contributed by atoms with Crippen LogP contribution in [-0.2, 0) is 4.79 Å². The van der Waals surface area contributed by atoms with Crippen LogP contribution in [0.15, 0.2) is 36.5 Å². The predicted molar refractivity (Wildman–Crippen MR) is 87.6 cm³/mol. The molecule has 0 bridgehead atoms. The van der Waals surface area contributed by atoms with Crippen LogP contribution in [0.2, 0.25) is 0 Å². The smallest absolute Gasteiger partial charge is 0.252 e. The lowest BCUT2D eigenvalue weighted by Gasteiger charge is -2.18. The first-order chi connectivity index (χ1) is 11.2. The molecule has 1 N–H and O–H groups in total. The maximum Gasteiger partial charge on any atom is 0.252 e. The number of thioether (sulfide) groups is 1. The summed E-state index contributed by atoms with van der Waals surface area (Å²) >= 11 is 1.54. The Morgan fingerprint density at radius 1 is 1.39 bits per heavy atom. The number of carbonyl (C=O) groups is 2. The Bertz CT molecular complexity index is 797. The molecule has 0 radical (unpaired) electrons. The number of fused-ring (bicyclic) bond motifs is 1. The highest BCUT2D eigenvalue weighted by molar-refractivity contribution is 7.99. The van der Waals surface area contributed by atoms with Crippen molar-refractivity contribution < 1.29 is 9.59 Å². The molecule has 1 atom stereocenters. The van der Waals surface area contributed by atoms with Crippen molar-refractivity contribution >= 4 is 34.5 Å². The zero-order valence-electron chi connectivity index (χ0n) is 12.2. The number of amides is 2. The fraction of sp³-hybridized carbons (Fsp3) is 0.250. The maximum absolute atomic E-state index is 12.3. The van der Waals surface area contributed by atoms with Gasteiger partial charge in [0.2, 0.25) is 5.91 Å². The lowest BCUT2D eigenvalue weighted by atomic mass is 10.1. The zero-order chi connectivity index (χ0) is 16.2. The summed E-state index contributed by atoms with van der Waals surface area (Å²) < 4.78 is 0. The van der Waals surface area contributed by atoms with E-state index < -0.39 is 6.04 Å². The molecule has 0 unspecified atom stereocenters. The largest absolute Gasteiger partial charge is 0.343 e. The van der Waals surface area contributed by atoms with Crippen LogP contribution in [0.3, 0.4) is 0 Å². The first-order valence-corrected chi connectivity index (χ1v) is 8.25. The third-order valence-electron chi connectivity index (χ3n) is 3.65. The van der Waals surface area contributed by atoms with Crippen molar-refractivity contribution in [3.05, 3.63) is 42.1 Å². The van der Waals surface area contributed by atoms with Crippen LogP contribution < -0.4 is 5.32 Å². The monoisotopic (exact) mass is 326 g/mol. The summed E-state index contributed by atoms with van der Waals surface area (Å²) in [6, 6.07) is 10.7. The van der Waals surface area contributed by atoms with Gasteiger partial charge in [0, 0.05) is 17.3 Å². The summed E-state index contributed by atoms with van der Waals surface area (Å²) in [5.41, 5.74) is 1.21. The van der Waals surface area contributed by atoms with Crippen LogP contribution in [0.1, 0.15) is 10.4 Å². The van der Waals surface area contributed by atoms with Crippen molar-refractivity contribution in [2.24, 2.45) is 0 Å². The number of hydrogen-bond donors (Lipinski definition) is 1. The number of pyridine rings is 1. The molecule has 116 valence electrons. The average molecular weight is 326 g/mol. The molecule has 0 saturated carbocycles. The minimum absolute atomic E-state index is 0.117. The number of hydrogen-bond acceptors (Lipinski definition) is 5. The van der Waals surface area contributed by atoms with Crippen molar-refractivity contribution in [1.29, 1.82) is 5.26 Å². The van der Waals surface area contributed by atoms with Gasteiger partial charge in [0.15, 0.2) is 0 Å².